The van der Waals surface area contributed by atoms with Gasteiger partial charge < -0.3 is 5.32 Å². The van der Waals surface area contributed by atoms with Gasteiger partial charge in [0, 0.05) is 18.6 Å². The van der Waals surface area contributed by atoms with Crippen molar-refractivity contribution in [2.24, 2.45) is 0 Å². The summed E-state index contributed by atoms with van der Waals surface area (Å²) in [4.78, 5) is 16.6. The summed E-state index contributed by atoms with van der Waals surface area (Å²) in [5, 5.41) is 3.37. The summed E-state index contributed by atoms with van der Waals surface area (Å²) in [6, 6.07) is 11.2. The molecule has 3 rings (SSSR count). The Balaban J connectivity index is 1.99. The Morgan fingerprint density at radius 1 is 0.850 bits per heavy atom. The molecule has 0 atom stereocenters. The fraction of sp³-hybridized carbons (Fsp3) is 0. The summed E-state index contributed by atoms with van der Waals surface area (Å²) in [5.74, 6) is 0.607. The molecule has 0 amide bonds. The van der Waals surface area contributed by atoms with Gasteiger partial charge in [-0.2, -0.15) is 0 Å². The molecule has 0 saturated carbocycles. The van der Waals surface area contributed by atoms with Gasteiger partial charge >= 0.3 is 0 Å². The summed E-state index contributed by atoms with van der Waals surface area (Å²) < 4.78 is 0. The molecule has 5 nitrogen and oxygen atoms in total. The summed E-state index contributed by atoms with van der Waals surface area (Å²) in [5.41, 5.74) is 2.35. The average molecular weight is 284 g/mol. The molecular formula is C14H10ClN5. The maximum atomic E-state index is 5.78. The summed E-state index contributed by atoms with van der Waals surface area (Å²) in [6.45, 7) is 0. The number of hydrogen-bond acceptors (Lipinski definition) is 5. The fourth-order valence-corrected chi connectivity index (χ4v) is 1.90. The van der Waals surface area contributed by atoms with Crippen molar-refractivity contribution in [3.8, 4) is 11.4 Å². The molecule has 0 aliphatic heterocycles. The second kappa shape index (κ2) is 5.63. The van der Waals surface area contributed by atoms with E-state index in [1.807, 2.05) is 30.3 Å². The molecule has 0 aliphatic carbocycles. The second-order valence-electron chi connectivity index (χ2n) is 3.95. The minimum absolute atomic E-state index is 0.193. The average Bonchev–Trinajstić information content (AvgIpc) is 2.49. The number of hydrogen-bond donors (Lipinski definition) is 1. The van der Waals surface area contributed by atoms with E-state index in [2.05, 4.69) is 25.3 Å². The molecule has 3 aromatic rings. The molecule has 0 aromatic carbocycles. The van der Waals surface area contributed by atoms with Crippen molar-refractivity contribution in [2.45, 2.75) is 0 Å². The van der Waals surface area contributed by atoms with Crippen molar-refractivity contribution in [1.82, 2.24) is 19.9 Å². The van der Waals surface area contributed by atoms with E-state index in [9.17, 15) is 0 Å². The highest BCUT2D eigenvalue weighted by Gasteiger charge is 2.08. The molecule has 0 bridgehead atoms. The Bertz CT molecular complexity index is 718. The number of rotatable bonds is 3. The van der Waals surface area contributed by atoms with E-state index in [4.69, 9.17) is 11.6 Å². The SMILES string of the molecule is Clc1nccc(Nc2cccnc2-c2ccccn2)n1. The van der Waals surface area contributed by atoms with E-state index in [-0.39, 0.29) is 5.28 Å². The number of pyridine rings is 2. The summed E-state index contributed by atoms with van der Waals surface area (Å²) in [7, 11) is 0. The molecule has 0 radical (unpaired) electrons. The predicted octanol–water partition coefficient (Wildman–Crippen LogP) is 3.33. The molecule has 0 unspecified atom stereocenters. The van der Waals surface area contributed by atoms with Gasteiger partial charge in [-0.3, -0.25) is 9.97 Å². The van der Waals surface area contributed by atoms with Crippen LogP contribution in [0.1, 0.15) is 0 Å². The summed E-state index contributed by atoms with van der Waals surface area (Å²) >= 11 is 5.78. The smallest absolute Gasteiger partial charge is 0.224 e. The van der Waals surface area contributed by atoms with Crippen LogP contribution < -0.4 is 5.32 Å². The Hall–Kier alpha value is -2.53. The molecule has 0 fully saturated rings. The molecule has 20 heavy (non-hydrogen) atoms. The van der Waals surface area contributed by atoms with E-state index in [1.165, 1.54) is 0 Å². The van der Waals surface area contributed by atoms with Crippen molar-refractivity contribution < 1.29 is 0 Å². The van der Waals surface area contributed by atoms with Gasteiger partial charge in [0.15, 0.2) is 0 Å². The largest absolute Gasteiger partial charge is 0.338 e. The zero-order valence-electron chi connectivity index (χ0n) is 10.4. The van der Waals surface area contributed by atoms with Crippen LogP contribution >= 0.6 is 11.6 Å². The first-order valence-electron chi connectivity index (χ1n) is 5.95. The number of aromatic nitrogens is 4. The van der Waals surface area contributed by atoms with Crippen LogP contribution in [-0.2, 0) is 0 Å². The fourth-order valence-electron chi connectivity index (χ4n) is 1.76. The lowest BCUT2D eigenvalue weighted by Crippen LogP contribution is -1.98. The normalized spacial score (nSPS) is 10.2. The predicted molar refractivity (Wildman–Crippen MR) is 77.8 cm³/mol. The molecular weight excluding hydrogens is 274 g/mol. The van der Waals surface area contributed by atoms with Gasteiger partial charge in [0.25, 0.3) is 0 Å². The van der Waals surface area contributed by atoms with Crippen LogP contribution in [0, 0.1) is 0 Å². The van der Waals surface area contributed by atoms with Crippen LogP contribution in [0.2, 0.25) is 5.28 Å². The first-order chi connectivity index (χ1) is 9.83. The molecule has 98 valence electrons. The number of halogens is 1. The molecule has 1 N–H and O–H groups in total. The minimum atomic E-state index is 0.193. The molecule has 6 heteroatoms. The van der Waals surface area contributed by atoms with Gasteiger partial charge in [-0.25, -0.2) is 9.97 Å². The molecule has 0 spiro atoms. The van der Waals surface area contributed by atoms with Crippen LogP contribution in [-0.4, -0.2) is 19.9 Å². The third kappa shape index (κ3) is 2.73. The van der Waals surface area contributed by atoms with Gasteiger partial charge in [0.1, 0.15) is 11.5 Å². The Labute approximate surface area is 120 Å². The Kier molecular flexibility index (Phi) is 3.52. The standard InChI is InChI=1S/C14H10ClN5/c15-14-18-9-6-12(20-14)19-11-5-3-8-17-13(11)10-4-1-2-7-16-10/h1-9H,(H,18,19,20). The maximum Gasteiger partial charge on any atom is 0.224 e. The first kappa shape index (κ1) is 12.5. The topological polar surface area (TPSA) is 63.6 Å². The van der Waals surface area contributed by atoms with Gasteiger partial charge in [-0.1, -0.05) is 6.07 Å². The second-order valence-corrected chi connectivity index (χ2v) is 4.29. The highest BCUT2D eigenvalue weighted by molar-refractivity contribution is 6.28. The maximum absolute atomic E-state index is 5.78. The van der Waals surface area contributed by atoms with E-state index in [0.717, 1.165) is 17.1 Å². The first-order valence-corrected chi connectivity index (χ1v) is 6.33. The van der Waals surface area contributed by atoms with Gasteiger partial charge in [0.05, 0.1) is 11.4 Å². The van der Waals surface area contributed by atoms with Gasteiger partial charge in [-0.15, -0.1) is 0 Å². The summed E-state index contributed by atoms with van der Waals surface area (Å²) in [6.07, 6.45) is 5.05. The number of anilines is 2. The van der Waals surface area contributed by atoms with E-state index in [1.54, 1.807) is 24.7 Å². The number of nitrogens with zero attached hydrogens (tertiary/aromatic N) is 4. The highest BCUT2D eigenvalue weighted by Crippen LogP contribution is 2.25. The van der Waals surface area contributed by atoms with Crippen molar-refractivity contribution in [3.63, 3.8) is 0 Å². The van der Waals surface area contributed by atoms with E-state index in [0.29, 0.717) is 5.82 Å². The van der Waals surface area contributed by atoms with Crippen LogP contribution in [0.15, 0.2) is 55.0 Å². The molecule has 3 aromatic heterocycles. The monoisotopic (exact) mass is 283 g/mol. The van der Waals surface area contributed by atoms with E-state index < -0.39 is 0 Å². The Morgan fingerprint density at radius 2 is 1.75 bits per heavy atom. The van der Waals surface area contributed by atoms with Gasteiger partial charge in [-0.05, 0) is 41.9 Å². The third-order valence-corrected chi connectivity index (χ3v) is 2.79. The third-order valence-electron chi connectivity index (χ3n) is 2.60. The van der Waals surface area contributed by atoms with Crippen molar-refractivity contribution >= 4 is 23.1 Å². The van der Waals surface area contributed by atoms with E-state index >= 15 is 0 Å². The van der Waals surface area contributed by atoms with Crippen LogP contribution in [0.25, 0.3) is 11.4 Å². The quantitative estimate of drug-likeness (QED) is 0.747. The molecule has 0 saturated heterocycles. The van der Waals surface area contributed by atoms with Gasteiger partial charge in [0.2, 0.25) is 5.28 Å². The van der Waals surface area contributed by atoms with Crippen LogP contribution in [0.5, 0.6) is 0 Å². The molecule has 0 aliphatic rings. The number of nitrogens with one attached hydrogen (secondary N) is 1. The lowest BCUT2D eigenvalue weighted by molar-refractivity contribution is 1.16. The zero-order valence-corrected chi connectivity index (χ0v) is 11.1. The lowest BCUT2D eigenvalue weighted by Gasteiger charge is -2.09. The van der Waals surface area contributed by atoms with Crippen LogP contribution in [0.3, 0.4) is 0 Å². The van der Waals surface area contributed by atoms with Crippen molar-refractivity contribution in [2.75, 3.05) is 5.32 Å². The highest BCUT2D eigenvalue weighted by atomic mass is 35.5. The Morgan fingerprint density at radius 3 is 2.55 bits per heavy atom. The van der Waals surface area contributed by atoms with Crippen LogP contribution in [0.4, 0.5) is 11.5 Å². The lowest BCUT2D eigenvalue weighted by atomic mass is 10.2. The molecule has 3 heterocycles. The minimum Gasteiger partial charge on any atom is -0.338 e. The zero-order chi connectivity index (χ0) is 13.8. The van der Waals surface area contributed by atoms with Crippen molar-refractivity contribution in [3.05, 3.63) is 60.3 Å². The van der Waals surface area contributed by atoms with Crippen molar-refractivity contribution in [1.29, 1.82) is 0 Å².